The van der Waals surface area contributed by atoms with Gasteiger partial charge in [-0.15, -0.1) is 10.2 Å². The van der Waals surface area contributed by atoms with Crippen LogP contribution in [0.4, 0.5) is 15.8 Å². The van der Waals surface area contributed by atoms with E-state index in [9.17, 15) is 14.3 Å². The number of aromatic hydroxyl groups is 1. The van der Waals surface area contributed by atoms with Crippen LogP contribution in [0.25, 0.3) is 22.1 Å². The van der Waals surface area contributed by atoms with Crippen LogP contribution in [0.5, 0.6) is 5.75 Å². The lowest BCUT2D eigenvalue weighted by Gasteiger charge is -2.06. The Morgan fingerprint density at radius 2 is 1.71 bits per heavy atom. The van der Waals surface area contributed by atoms with E-state index in [-0.39, 0.29) is 22.0 Å². The minimum Gasteiger partial charge on any atom is -0.505 e. The first-order valence-electron chi connectivity index (χ1n) is 8.25. The highest BCUT2D eigenvalue weighted by Crippen LogP contribution is 2.36. The summed E-state index contributed by atoms with van der Waals surface area (Å²) in [4.78, 5) is 12.2. The van der Waals surface area contributed by atoms with Crippen molar-refractivity contribution in [1.82, 2.24) is 0 Å². The van der Waals surface area contributed by atoms with Crippen LogP contribution in [0, 0.1) is 5.82 Å². The third kappa shape index (κ3) is 3.25. The Morgan fingerprint density at radius 1 is 0.929 bits per heavy atom. The summed E-state index contributed by atoms with van der Waals surface area (Å²) in [5.74, 6) is -1.04. The van der Waals surface area contributed by atoms with Gasteiger partial charge in [0, 0.05) is 0 Å². The van der Waals surface area contributed by atoms with E-state index in [1.807, 2.05) is 30.3 Å². The van der Waals surface area contributed by atoms with Gasteiger partial charge >= 0.3 is 5.63 Å². The van der Waals surface area contributed by atoms with Gasteiger partial charge in [0.15, 0.2) is 5.75 Å². The molecule has 28 heavy (non-hydrogen) atoms. The normalized spacial score (nSPS) is 11.4. The first kappa shape index (κ1) is 17.9. The van der Waals surface area contributed by atoms with Crippen LogP contribution in [0.3, 0.4) is 0 Å². The number of halogens is 2. The fourth-order valence-corrected chi connectivity index (χ4v) is 2.91. The summed E-state index contributed by atoms with van der Waals surface area (Å²) in [7, 11) is 0. The first-order chi connectivity index (χ1) is 13.5. The molecule has 1 N–H and O–H groups in total. The van der Waals surface area contributed by atoms with Gasteiger partial charge in [0.05, 0.1) is 5.39 Å². The average molecular weight is 395 g/mol. The van der Waals surface area contributed by atoms with Gasteiger partial charge in [0.1, 0.15) is 22.1 Å². The lowest BCUT2D eigenvalue weighted by atomic mass is 10.0. The Labute approximate surface area is 163 Å². The van der Waals surface area contributed by atoms with Gasteiger partial charge < -0.3 is 9.52 Å². The molecule has 0 amide bonds. The molecule has 0 saturated carbocycles. The van der Waals surface area contributed by atoms with Crippen LogP contribution in [-0.2, 0) is 0 Å². The van der Waals surface area contributed by atoms with Crippen molar-refractivity contribution in [2.75, 3.05) is 0 Å². The molecule has 0 bridgehead atoms. The van der Waals surface area contributed by atoms with E-state index >= 15 is 0 Å². The third-order valence-corrected chi connectivity index (χ3v) is 4.53. The van der Waals surface area contributed by atoms with Crippen molar-refractivity contribution in [2.24, 2.45) is 10.2 Å². The SMILES string of the molecule is O=c1oc2ccc(-c3ccccc3)cc2c(O)c1N=Nc1cccc(F)c1Cl. The molecule has 1 heterocycles. The molecule has 4 aromatic rings. The summed E-state index contributed by atoms with van der Waals surface area (Å²) >= 11 is 5.83. The number of fused-ring (bicyclic) bond motifs is 1. The number of hydrogen-bond donors (Lipinski definition) is 1. The molecule has 3 aromatic carbocycles. The molecule has 4 rings (SSSR count). The maximum absolute atomic E-state index is 13.5. The summed E-state index contributed by atoms with van der Waals surface area (Å²) in [6.07, 6.45) is 0. The van der Waals surface area contributed by atoms with Gasteiger partial charge in [0.2, 0.25) is 5.69 Å². The zero-order chi connectivity index (χ0) is 19.7. The summed E-state index contributed by atoms with van der Waals surface area (Å²) < 4.78 is 18.7. The zero-order valence-electron chi connectivity index (χ0n) is 14.3. The van der Waals surface area contributed by atoms with Crippen LogP contribution < -0.4 is 5.63 Å². The van der Waals surface area contributed by atoms with E-state index in [4.69, 9.17) is 16.0 Å². The van der Waals surface area contributed by atoms with E-state index in [0.717, 1.165) is 11.1 Å². The Balaban J connectivity index is 1.84. The summed E-state index contributed by atoms with van der Waals surface area (Å²) in [5, 5.41) is 18.2. The van der Waals surface area contributed by atoms with Crippen molar-refractivity contribution >= 4 is 33.9 Å². The minimum atomic E-state index is -0.867. The molecule has 1 aromatic heterocycles. The van der Waals surface area contributed by atoms with Crippen molar-refractivity contribution in [3.63, 3.8) is 0 Å². The number of azo groups is 1. The molecule has 0 aliphatic carbocycles. The molecule has 0 atom stereocenters. The molecule has 0 aliphatic rings. The summed E-state index contributed by atoms with van der Waals surface area (Å²) in [6.45, 7) is 0. The van der Waals surface area contributed by atoms with E-state index < -0.39 is 17.1 Å². The monoisotopic (exact) mass is 394 g/mol. The van der Waals surface area contributed by atoms with Gasteiger partial charge in [-0.3, -0.25) is 0 Å². The van der Waals surface area contributed by atoms with E-state index in [1.54, 1.807) is 18.2 Å². The van der Waals surface area contributed by atoms with E-state index in [0.29, 0.717) is 5.39 Å². The van der Waals surface area contributed by atoms with Gasteiger partial charge in [-0.1, -0.05) is 54.1 Å². The van der Waals surface area contributed by atoms with Crippen LogP contribution in [0.2, 0.25) is 5.02 Å². The number of hydrogen-bond acceptors (Lipinski definition) is 5. The van der Waals surface area contributed by atoms with Crippen LogP contribution in [-0.4, -0.2) is 5.11 Å². The standard InChI is InChI=1S/C21H12ClFN2O3/c22-18-15(23)7-4-8-16(18)24-25-19-20(26)14-11-13(12-5-2-1-3-6-12)9-10-17(14)28-21(19)27/h1-11,26H. The molecule has 0 fully saturated rings. The molecule has 0 radical (unpaired) electrons. The highest BCUT2D eigenvalue weighted by molar-refractivity contribution is 6.33. The lowest BCUT2D eigenvalue weighted by molar-refractivity contribution is 0.470. The second kappa shape index (κ2) is 7.25. The van der Waals surface area contributed by atoms with Crippen LogP contribution in [0.15, 0.2) is 86.2 Å². The second-order valence-electron chi connectivity index (χ2n) is 5.94. The predicted octanol–water partition coefficient (Wildman–Crippen LogP) is 6.37. The van der Waals surface area contributed by atoms with Crippen molar-refractivity contribution < 1.29 is 13.9 Å². The fourth-order valence-electron chi connectivity index (χ4n) is 2.75. The summed E-state index contributed by atoms with van der Waals surface area (Å²) in [6, 6.07) is 18.6. The second-order valence-corrected chi connectivity index (χ2v) is 6.31. The Bertz CT molecular complexity index is 1270. The van der Waals surface area contributed by atoms with Crippen molar-refractivity contribution in [3.05, 3.63) is 88.0 Å². The Morgan fingerprint density at radius 3 is 2.50 bits per heavy atom. The molecule has 7 heteroatoms. The number of benzene rings is 3. The molecule has 0 aliphatic heterocycles. The molecule has 5 nitrogen and oxygen atoms in total. The number of nitrogens with zero attached hydrogens (tertiary/aromatic N) is 2. The molecule has 0 saturated heterocycles. The summed E-state index contributed by atoms with van der Waals surface area (Å²) in [5.41, 5.74) is 0.744. The van der Waals surface area contributed by atoms with Crippen LogP contribution >= 0.6 is 11.6 Å². The van der Waals surface area contributed by atoms with Crippen molar-refractivity contribution in [2.45, 2.75) is 0 Å². The van der Waals surface area contributed by atoms with E-state index in [1.165, 1.54) is 18.2 Å². The zero-order valence-corrected chi connectivity index (χ0v) is 15.0. The van der Waals surface area contributed by atoms with Gasteiger partial charge in [-0.2, -0.15) is 0 Å². The average Bonchev–Trinajstić information content (AvgIpc) is 2.71. The first-order valence-corrected chi connectivity index (χ1v) is 8.63. The topological polar surface area (TPSA) is 75.2 Å². The molecule has 0 spiro atoms. The lowest BCUT2D eigenvalue weighted by Crippen LogP contribution is -1.98. The van der Waals surface area contributed by atoms with E-state index in [2.05, 4.69) is 10.2 Å². The Kier molecular flexibility index (Phi) is 4.63. The van der Waals surface area contributed by atoms with Crippen molar-refractivity contribution in [1.29, 1.82) is 0 Å². The van der Waals surface area contributed by atoms with Crippen LogP contribution in [0.1, 0.15) is 0 Å². The highest BCUT2D eigenvalue weighted by atomic mass is 35.5. The molecular formula is C21H12ClFN2O3. The maximum atomic E-state index is 13.5. The fraction of sp³-hybridized carbons (Fsp3) is 0. The minimum absolute atomic E-state index is 0.0265. The molecule has 138 valence electrons. The highest BCUT2D eigenvalue weighted by Gasteiger charge is 2.15. The largest absolute Gasteiger partial charge is 0.505 e. The predicted molar refractivity (Wildman–Crippen MR) is 105 cm³/mol. The molecule has 0 unspecified atom stereocenters. The third-order valence-electron chi connectivity index (χ3n) is 4.15. The van der Waals surface area contributed by atoms with Gasteiger partial charge in [-0.25, -0.2) is 9.18 Å². The Hall–Kier alpha value is -3.51. The van der Waals surface area contributed by atoms with Gasteiger partial charge in [0.25, 0.3) is 0 Å². The van der Waals surface area contributed by atoms with Crippen molar-refractivity contribution in [3.8, 4) is 16.9 Å². The molecular weight excluding hydrogens is 383 g/mol. The quantitative estimate of drug-likeness (QED) is 0.324. The van der Waals surface area contributed by atoms with Gasteiger partial charge in [-0.05, 0) is 35.4 Å². The smallest absolute Gasteiger partial charge is 0.368 e. The number of rotatable bonds is 3. The maximum Gasteiger partial charge on any atom is 0.368 e.